The fourth-order valence-electron chi connectivity index (χ4n) is 4.48. The molecule has 24 heavy (non-hydrogen) atoms. The molecule has 0 fully saturated rings. The fraction of sp³-hybridized carbons (Fsp3) is 0.684. The number of rotatable bonds is 7. The highest BCUT2D eigenvalue weighted by Gasteiger charge is 2.58. The topological polar surface area (TPSA) is 72.6 Å². The largest absolute Gasteiger partial charge is 0.496 e. The first kappa shape index (κ1) is 18.7. The van der Waals surface area contributed by atoms with Crippen LogP contribution in [0.25, 0.3) is 0 Å². The molecule has 1 aromatic carbocycles. The van der Waals surface area contributed by atoms with E-state index in [1.165, 1.54) is 6.07 Å². The number of nitro groups is 1. The summed E-state index contributed by atoms with van der Waals surface area (Å²) >= 11 is 0. The van der Waals surface area contributed by atoms with Crippen LogP contribution in [0.4, 0.5) is 5.69 Å². The molecule has 1 aliphatic rings. The molecule has 0 heterocycles. The zero-order chi connectivity index (χ0) is 18.1. The van der Waals surface area contributed by atoms with Crippen molar-refractivity contribution in [3.63, 3.8) is 0 Å². The van der Waals surface area contributed by atoms with Crippen LogP contribution >= 0.6 is 0 Å². The van der Waals surface area contributed by atoms with E-state index in [0.717, 1.165) is 25.7 Å². The monoisotopic (exact) mass is 335 g/mol. The molecule has 1 aliphatic carbocycles. The van der Waals surface area contributed by atoms with Crippen molar-refractivity contribution in [2.45, 2.75) is 65.4 Å². The molecule has 1 aromatic rings. The maximum atomic E-state index is 11.9. The number of aliphatic hydroxyl groups is 1. The summed E-state index contributed by atoms with van der Waals surface area (Å²) in [7, 11) is 1.56. The number of nitro benzene ring substituents is 1. The van der Waals surface area contributed by atoms with Gasteiger partial charge in [-0.05, 0) is 31.2 Å². The number of hydrogen-bond acceptors (Lipinski definition) is 4. The van der Waals surface area contributed by atoms with Gasteiger partial charge in [-0.25, -0.2) is 0 Å². The van der Waals surface area contributed by atoms with E-state index >= 15 is 0 Å². The molecule has 0 saturated carbocycles. The first-order valence-electron chi connectivity index (χ1n) is 8.81. The molecule has 0 amide bonds. The van der Waals surface area contributed by atoms with Crippen LogP contribution in [0, 0.1) is 21.4 Å². The van der Waals surface area contributed by atoms with Gasteiger partial charge in [-0.2, -0.15) is 0 Å². The van der Waals surface area contributed by atoms with Crippen LogP contribution < -0.4 is 4.74 Å². The standard InChI is InChI=1S/C19H29NO4/c1-6-8-13(9-7-2)19(21)17-14(12-18(19,3)4)15(20(22)23)10-11-16(17)24-5/h10-11,13,21H,6-9,12H2,1-5H3. The normalized spacial score (nSPS) is 21.8. The van der Waals surface area contributed by atoms with Crippen molar-refractivity contribution >= 4 is 5.69 Å². The third-order valence-corrected chi connectivity index (χ3v) is 5.56. The van der Waals surface area contributed by atoms with Crippen LogP contribution in [-0.2, 0) is 12.0 Å². The van der Waals surface area contributed by atoms with Gasteiger partial charge in [0.2, 0.25) is 0 Å². The lowest BCUT2D eigenvalue weighted by Gasteiger charge is -2.44. The number of benzene rings is 1. The Morgan fingerprint density at radius 3 is 2.33 bits per heavy atom. The van der Waals surface area contributed by atoms with E-state index in [-0.39, 0.29) is 16.5 Å². The third kappa shape index (κ3) is 2.69. The highest BCUT2D eigenvalue weighted by molar-refractivity contribution is 5.59. The van der Waals surface area contributed by atoms with Crippen LogP contribution in [0.15, 0.2) is 12.1 Å². The molecule has 5 heteroatoms. The van der Waals surface area contributed by atoms with E-state index in [2.05, 4.69) is 13.8 Å². The zero-order valence-corrected chi connectivity index (χ0v) is 15.4. The zero-order valence-electron chi connectivity index (χ0n) is 15.4. The van der Waals surface area contributed by atoms with E-state index in [4.69, 9.17) is 4.74 Å². The Bertz CT molecular complexity index is 620. The lowest BCUT2D eigenvalue weighted by atomic mass is 9.65. The molecule has 0 spiro atoms. The maximum Gasteiger partial charge on any atom is 0.273 e. The fourth-order valence-corrected chi connectivity index (χ4v) is 4.48. The van der Waals surface area contributed by atoms with Gasteiger partial charge in [-0.3, -0.25) is 10.1 Å². The molecular weight excluding hydrogens is 306 g/mol. The average molecular weight is 335 g/mol. The Morgan fingerprint density at radius 1 is 1.29 bits per heavy atom. The Morgan fingerprint density at radius 2 is 1.88 bits per heavy atom. The average Bonchev–Trinajstić information content (AvgIpc) is 2.73. The minimum atomic E-state index is -1.12. The third-order valence-electron chi connectivity index (χ3n) is 5.56. The van der Waals surface area contributed by atoms with Gasteiger partial charge >= 0.3 is 0 Å². The van der Waals surface area contributed by atoms with E-state index in [1.54, 1.807) is 13.2 Å². The van der Waals surface area contributed by atoms with Gasteiger partial charge in [-0.15, -0.1) is 0 Å². The number of nitrogens with zero attached hydrogens (tertiary/aromatic N) is 1. The van der Waals surface area contributed by atoms with Gasteiger partial charge in [0.05, 0.1) is 12.0 Å². The van der Waals surface area contributed by atoms with Crippen LogP contribution in [0.1, 0.15) is 64.5 Å². The van der Waals surface area contributed by atoms with Crippen molar-refractivity contribution in [3.05, 3.63) is 33.4 Å². The van der Waals surface area contributed by atoms with Crippen molar-refractivity contribution in [1.29, 1.82) is 0 Å². The number of hydrogen-bond donors (Lipinski definition) is 1. The predicted molar refractivity (Wildman–Crippen MR) is 94.3 cm³/mol. The van der Waals surface area contributed by atoms with Gasteiger partial charge in [0.15, 0.2) is 0 Å². The summed E-state index contributed by atoms with van der Waals surface area (Å²) in [6.07, 6.45) is 4.19. The highest BCUT2D eigenvalue weighted by Crippen LogP contribution is 2.60. The van der Waals surface area contributed by atoms with Gasteiger partial charge in [0.25, 0.3) is 5.69 Å². The molecule has 1 atom stereocenters. The Labute approximate surface area is 144 Å². The summed E-state index contributed by atoms with van der Waals surface area (Å²) in [5.41, 5.74) is -0.253. The molecule has 0 aromatic heterocycles. The molecule has 0 bridgehead atoms. The summed E-state index contributed by atoms with van der Waals surface area (Å²) < 4.78 is 5.50. The van der Waals surface area contributed by atoms with Crippen LogP contribution in [0.2, 0.25) is 0 Å². The maximum absolute atomic E-state index is 11.9. The van der Waals surface area contributed by atoms with Crippen LogP contribution in [0.3, 0.4) is 0 Å². The quantitative estimate of drug-likeness (QED) is 0.584. The second-order valence-electron chi connectivity index (χ2n) is 7.50. The van der Waals surface area contributed by atoms with Crippen molar-refractivity contribution < 1.29 is 14.8 Å². The molecule has 1 unspecified atom stereocenters. The van der Waals surface area contributed by atoms with Crippen molar-refractivity contribution in [1.82, 2.24) is 0 Å². The molecule has 2 rings (SSSR count). The molecule has 1 N–H and O–H groups in total. The van der Waals surface area contributed by atoms with Crippen molar-refractivity contribution in [3.8, 4) is 5.75 Å². The Balaban J connectivity index is 2.75. The molecule has 134 valence electrons. The number of methoxy groups -OCH3 is 1. The molecular formula is C19H29NO4. The van der Waals surface area contributed by atoms with E-state index in [1.807, 2.05) is 13.8 Å². The smallest absolute Gasteiger partial charge is 0.273 e. The first-order chi connectivity index (χ1) is 11.2. The molecule has 0 saturated heterocycles. The van der Waals surface area contributed by atoms with Crippen molar-refractivity contribution in [2.24, 2.45) is 11.3 Å². The molecule has 5 nitrogen and oxygen atoms in total. The predicted octanol–water partition coefficient (Wildman–Crippen LogP) is 4.59. The van der Waals surface area contributed by atoms with Gasteiger partial charge in [0, 0.05) is 22.6 Å². The summed E-state index contributed by atoms with van der Waals surface area (Å²) in [5, 5.41) is 23.4. The van der Waals surface area contributed by atoms with Gasteiger partial charge < -0.3 is 9.84 Å². The second-order valence-corrected chi connectivity index (χ2v) is 7.50. The minimum Gasteiger partial charge on any atom is -0.496 e. The lowest BCUT2D eigenvalue weighted by molar-refractivity contribution is -0.385. The first-order valence-corrected chi connectivity index (χ1v) is 8.81. The summed E-state index contributed by atoms with van der Waals surface area (Å²) in [4.78, 5) is 11.1. The van der Waals surface area contributed by atoms with E-state index in [9.17, 15) is 15.2 Å². The lowest BCUT2D eigenvalue weighted by Crippen LogP contribution is -2.45. The van der Waals surface area contributed by atoms with Gasteiger partial charge in [0.1, 0.15) is 11.4 Å². The Kier molecular flexibility index (Phi) is 5.23. The SMILES string of the molecule is CCCC(CCC)C1(O)c2c(OC)ccc([N+](=O)[O-])c2CC1(C)C. The summed E-state index contributed by atoms with van der Waals surface area (Å²) in [6, 6.07) is 3.12. The van der Waals surface area contributed by atoms with Crippen LogP contribution in [0.5, 0.6) is 5.75 Å². The summed E-state index contributed by atoms with van der Waals surface area (Å²) in [5.74, 6) is 0.612. The van der Waals surface area contributed by atoms with Crippen LogP contribution in [-0.4, -0.2) is 17.1 Å². The molecule has 0 aliphatic heterocycles. The minimum absolute atomic E-state index is 0.0552. The van der Waals surface area contributed by atoms with E-state index < -0.39 is 11.0 Å². The van der Waals surface area contributed by atoms with E-state index in [0.29, 0.717) is 23.3 Å². The van der Waals surface area contributed by atoms with Gasteiger partial charge in [-0.1, -0.05) is 40.5 Å². The highest BCUT2D eigenvalue weighted by atomic mass is 16.6. The Hall–Kier alpha value is -1.62. The number of fused-ring (bicyclic) bond motifs is 1. The number of ether oxygens (including phenoxy) is 1. The second kappa shape index (κ2) is 6.71. The summed E-state index contributed by atoms with van der Waals surface area (Å²) in [6.45, 7) is 8.24. The van der Waals surface area contributed by atoms with Crippen molar-refractivity contribution in [2.75, 3.05) is 7.11 Å². The molecule has 0 radical (unpaired) electrons.